The summed E-state index contributed by atoms with van der Waals surface area (Å²) in [6.07, 6.45) is 5.38. The van der Waals surface area contributed by atoms with Gasteiger partial charge in [0, 0.05) is 22.6 Å². The molecule has 2 aromatic carbocycles. The van der Waals surface area contributed by atoms with Gasteiger partial charge in [-0.2, -0.15) is 0 Å². The molecule has 3 aromatic rings. The summed E-state index contributed by atoms with van der Waals surface area (Å²) >= 11 is 3.41. The summed E-state index contributed by atoms with van der Waals surface area (Å²) < 4.78 is 7.85. The second-order valence-corrected chi connectivity index (χ2v) is 6.46. The number of nitrogens with one attached hydrogen (secondary N) is 1. The number of hydrogen-bond donors (Lipinski definition) is 1. The van der Waals surface area contributed by atoms with Gasteiger partial charge in [0.15, 0.2) is 0 Å². The molecule has 1 N–H and O–H groups in total. The van der Waals surface area contributed by atoms with Crippen LogP contribution in [0, 0.1) is 0 Å². The van der Waals surface area contributed by atoms with Crippen LogP contribution in [0.2, 0.25) is 0 Å². The van der Waals surface area contributed by atoms with Gasteiger partial charge in [0.1, 0.15) is 5.75 Å². The van der Waals surface area contributed by atoms with Gasteiger partial charge in [-0.1, -0.05) is 12.1 Å². The quantitative estimate of drug-likeness (QED) is 0.701. The van der Waals surface area contributed by atoms with E-state index in [2.05, 4.69) is 26.2 Å². The zero-order valence-corrected chi connectivity index (χ0v) is 15.5. The molecule has 3 rings (SSSR count). The van der Waals surface area contributed by atoms with E-state index in [1.54, 1.807) is 37.8 Å². The predicted octanol–water partition coefficient (Wildman–Crippen LogP) is 4.13. The Balaban J connectivity index is 1.73. The second kappa shape index (κ2) is 7.53. The lowest BCUT2D eigenvalue weighted by atomic mass is 10.1. The maximum absolute atomic E-state index is 12.6. The van der Waals surface area contributed by atoms with E-state index >= 15 is 0 Å². The van der Waals surface area contributed by atoms with Gasteiger partial charge in [-0.3, -0.25) is 4.79 Å². The number of carbonyl (C=O) groups excluding carboxylic acids is 1. The van der Waals surface area contributed by atoms with E-state index in [1.165, 1.54) is 0 Å². The molecule has 0 aliphatic rings. The average molecular weight is 400 g/mol. The predicted molar refractivity (Wildman–Crippen MR) is 100 cm³/mol. The number of methoxy groups -OCH3 is 1. The summed E-state index contributed by atoms with van der Waals surface area (Å²) in [5, 5.41) is 3.02. The van der Waals surface area contributed by atoms with Gasteiger partial charge in [-0.05, 0) is 58.7 Å². The van der Waals surface area contributed by atoms with Crippen molar-refractivity contribution in [1.82, 2.24) is 14.9 Å². The van der Waals surface area contributed by atoms with Gasteiger partial charge in [0.05, 0.1) is 25.0 Å². The van der Waals surface area contributed by atoms with E-state index in [-0.39, 0.29) is 11.9 Å². The molecule has 1 amide bonds. The Morgan fingerprint density at radius 1 is 1.24 bits per heavy atom. The Morgan fingerprint density at radius 2 is 2.00 bits per heavy atom. The van der Waals surface area contributed by atoms with E-state index in [4.69, 9.17) is 4.74 Å². The van der Waals surface area contributed by atoms with E-state index in [0.29, 0.717) is 11.3 Å². The van der Waals surface area contributed by atoms with Crippen LogP contribution in [0.3, 0.4) is 0 Å². The Bertz CT molecular complexity index is 861. The molecule has 0 radical (unpaired) electrons. The minimum Gasteiger partial charge on any atom is -0.497 e. The second-order valence-electron chi connectivity index (χ2n) is 5.60. The van der Waals surface area contributed by atoms with Crippen LogP contribution in [0.15, 0.2) is 65.7 Å². The first-order valence-electron chi connectivity index (χ1n) is 7.81. The van der Waals surface area contributed by atoms with Crippen LogP contribution < -0.4 is 10.1 Å². The number of amides is 1. The molecule has 6 heteroatoms. The molecule has 1 aromatic heterocycles. The summed E-state index contributed by atoms with van der Waals surface area (Å²) in [4.78, 5) is 16.6. The minimum absolute atomic E-state index is 0.123. The van der Waals surface area contributed by atoms with Crippen molar-refractivity contribution in [3.8, 4) is 11.4 Å². The largest absolute Gasteiger partial charge is 0.497 e. The van der Waals surface area contributed by atoms with E-state index in [0.717, 1.165) is 15.7 Å². The average Bonchev–Trinajstić information content (AvgIpc) is 3.17. The van der Waals surface area contributed by atoms with Crippen LogP contribution in [-0.4, -0.2) is 22.6 Å². The van der Waals surface area contributed by atoms with E-state index in [1.807, 2.05) is 42.0 Å². The highest BCUT2D eigenvalue weighted by atomic mass is 79.9. The Labute approximate surface area is 154 Å². The van der Waals surface area contributed by atoms with Crippen molar-refractivity contribution in [2.45, 2.75) is 13.0 Å². The highest BCUT2D eigenvalue weighted by Gasteiger charge is 2.15. The monoisotopic (exact) mass is 399 g/mol. The molecule has 128 valence electrons. The standard InChI is InChI=1S/C19H18BrN3O2/c1-13(14-3-5-15(6-4-14)23-10-9-21-12-23)22-19(24)17-11-16(25-2)7-8-18(17)20/h3-13H,1-2H3,(H,22,24)/t13-/m0/s1. The van der Waals surface area contributed by atoms with Gasteiger partial charge in [0.25, 0.3) is 5.91 Å². The Morgan fingerprint density at radius 3 is 2.64 bits per heavy atom. The number of carbonyl (C=O) groups is 1. The minimum atomic E-state index is -0.156. The van der Waals surface area contributed by atoms with Crippen LogP contribution in [0.5, 0.6) is 5.75 Å². The number of rotatable bonds is 5. The molecule has 1 heterocycles. The molecule has 1 atom stereocenters. The molecule has 0 unspecified atom stereocenters. The number of ether oxygens (including phenoxy) is 1. The highest BCUT2D eigenvalue weighted by molar-refractivity contribution is 9.10. The van der Waals surface area contributed by atoms with E-state index in [9.17, 15) is 4.79 Å². The fourth-order valence-corrected chi connectivity index (χ4v) is 2.94. The lowest BCUT2D eigenvalue weighted by Gasteiger charge is -2.16. The maximum Gasteiger partial charge on any atom is 0.253 e. The molecule has 0 aliphatic heterocycles. The summed E-state index contributed by atoms with van der Waals surface area (Å²) in [5.74, 6) is 0.489. The fourth-order valence-electron chi connectivity index (χ4n) is 2.51. The molecule has 0 spiro atoms. The Hall–Kier alpha value is -2.60. The van der Waals surface area contributed by atoms with Crippen LogP contribution in [0.1, 0.15) is 28.9 Å². The molecule has 0 aliphatic carbocycles. The first-order valence-corrected chi connectivity index (χ1v) is 8.60. The fraction of sp³-hybridized carbons (Fsp3) is 0.158. The normalized spacial score (nSPS) is 11.8. The molecule has 0 bridgehead atoms. The van der Waals surface area contributed by atoms with Crippen LogP contribution in [-0.2, 0) is 0 Å². The summed E-state index contributed by atoms with van der Waals surface area (Å²) in [6.45, 7) is 1.96. The van der Waals surface area contributed by atoms with Crippen molar-refractivity contribution in [3.63, 3.8) is 0 Å². The Kier molecular flexibility index (Phi) is 5.19. The number of benzene rings is 2. The number of imidazole rings is 1. The highest BCUT2D eigenvalue weighted by Crippen LogP contribution is 2.23. The lowest BCUT2D eigenvalue weighted by Crippen LogP contribution is -2.27. The van der Waals surface area contributed by atoms with Crippen LogP contribution >= 0.6 is 15.9 Å². The third-order valence-corrected chi connectivity index (χ3v) is 4.65. The van der Waals surface area contributed by atoms with Gasteiger partial charge >= 0.3 is 0 Å². The van der Waals surface area contributed by atoms with Crippen molar-refractivity contribution < 1.29 is 9.53 Å². The van der Waals surface area contributed by atoms with Gasteiger partial charge in [-0.25, -0.2) is 4.98 Å². The first-order chi connectivity index (χ1) is 12.1. The number of aromatic nitrogens is 2. The zero-order valence-electron chi connectivity index (χ0n) is 13.9. The van der Waals surface area contributed by atoms with E-state index < -0.39 is 0 Å². The van der Waals surface area contributed by atoms with Gasteiger partial charge in [-0.15, -0.1) is 0 Å². The molecule has 5 nitrogen and oxygen atoms in total. The molecular formula is C19H18BrN3O2. The molecule has 25 heavy (non-hydrogen) atoms. The third kappa shape index (κ3) is 3.91. The van der Waals surface area contributed by atoms with Crippen molar-refractivity contribution in [1.29, 1.82) is 0 Å². The topological polar surface area (TPSA) is 56.1 Å². The number of nitrogens with zero attached hydrogens (tertiary/aromatic N) is 2. The van der Waals surface area contributed by atoms with Crippen molar-refractivity contribution in [3.05, 3.63) is 76.8 Å². The summed E-state index contributed by atoms with van der Waals surface area (Å²) in [7, 11) is 1.58. The van der Waals surface area contributed by atoms with Crippen molar-refractivity contribution >= 4 is 21.8 Å². The molecule has 0 saturated carbocycles. The third-order valence-electron chi connectivity index (χ3n) is 3.96. The van der Waals surface area contributed by atoms with Crippen LogP contribution in [0.4, 0.5) is 0 Å². The smallest absolute Gasteiger partial charge is 0.253 e. The van der Waals surface area contributed by atoms with Crippen molar-refractivity contribution in [2.24, 2.45) is 0 Å². The maximum atomic E-state index is 12.6. The summed E-state index contributed by atoms with van der Waals surface area (Å²) in [5.41, 5.74) is 2.59. The SMILES string of the molecule is COc1ccc(Br)c(C(=O)N[C@@H](C)c2ccc(-n3ccnc3)cc2)c1. The van der Waals surface area contributed by atoms with Gasteiger partial charge < -0.3 is 14.6 Å². The summed E-state index contributed by atoms with van der Waals surface area (Å²) in [6, 6.07) is 13.2. The van der Waals surface area contributed by atoms with Crippen molar-refractivity contribution in [2.75, 3.05) is 7.11 Å². The molecular weight excluding hydrogens is 382 g/mol. The van der Waals surface area contributed by atoms with Gasteiger partial charge in [0.2, 0.25) is 0 Å². The number of halogens is 1. The molecule has 0 fully saturated rings. The zero-order chi connectivity index (χ0) is 17.8. The number of hydrogen-bond acceptors (Lipinski definition) is 3. The van der Waals surface area contributed by atoms with Crippen LogP contribution in [0.25, 0.3) is 5.69 Å². The lowest BCUT2D eigenvalue weighted by molar-refractivity contribution is 0.0938. The first kappa shape index (κ1) is 17.2. The molecule has 0 saturated heterocycles.